The molecule has 0 aromatic heterocycles. The van der Waals surface area contributed by atoms with Gasteiger partial charge < -0.3 is 48.1 Å². The number of methoxy groups -OCH3 is 2. The van der Waals surface area contributed by atoms with Gasteiger partial charge in [0.2, 0.25) is 24.2 Å². The van der Waals surface area contributed by atoms with Crippen LogP contribution in [0.5, 0.6) is 0 Å². The molecule has 214 valence electrons. The Morgan fingerprint density at radius 1 is 0.667 bits per heavy atom. The van der Waals surface area contributed by atoms with Gasteiger partial charge in [0.15, 0.2) is 5.41 Å². The lowest BCUT2D eigenvalue weighted by molar-refractivity contribution is -0.464. The topological polar surface area (TPSA) is 148 Å². The average molecular weight is 527 g/mol. The quantitative estimate of drug-likeness (QED) is 0.189. The summed E-state index contributed by atoms with van der Waals surface area (Å²) in [4.78, 5) is 25.1. The largest absolute Gasteiger partial charge is 0.481 e. The zero-order valence-corrected chi connectivity index (χ0v) is 23.0. The van der Waals surface area contributed by atoms with Gasteiger partial charge in [0, 0.05) is 60.3 Å². The molecule has 0 radical (unpaired) electrons. The second kappa shape index (κ2) is 17.2. The second-order valence-electron chi connectivity index (χ2n) is 7.57. The van der Waals surface area contributed by atoms with Crippen LogP contribution in [-0.4, -0.2) is 100 Å². The monoisotopic (exact) mass is 526 g/mol. The number of ether oxygens (including phenoxy) is 8. The van der Waals surface area contributed by atoms with Crippen molar-refractivity contribution in [2.45, 2.75) is 85.0 Å². The summed E-state index contributed by atoms with van der Waals surface area (Å²) in [5.41, 5.74) is -2.32. The first-order chi connectivity index (χ1) is 17.1. The summed E-state index contributed by atoms with van der Waals surface area (Å²) in [6.45, 7) is 10.3. The highest BCUT2D eigenvalue weighted by molar-refractivity contribution is 5.78. The van der Waals surface area contributed by atoms with E-state index in [9.17, 15) is 19.8 Å². The summed E-state index contributed by atoms with van der Waals surface area (Å²) < 4.78 is 47.5. The molecule has 12 nitrogen and oxygen atoms in total. The molecule has 0 heterocycles. The first-order valence-corrected chi connectivity index (χ1v) is 12.4. The molecule has 0 aromatic rings. The van der Waals surface area contributed by atoms with E-state index in [4.69, 9.17) is 37.9 Å². The molecule has 0 saturated heterocycles. The van der Waals surface area contributed by atoms with Crippen molar-refractivity contribution in [1.29, 1.82) is 0 Å². The molecule has 0 spiro atoms. The number of hydrogen-bond donors (Lipinski definition) is 2. The molecule has 2 unspecified atom stereocenters. The van der Waals surface area contributed by atoms with Crippen molar-refractivity contribution in [1.82, 2.24) is 0 Å². The first kappa shape index (κ1) is 34.6. The van der Waals surface area contributed by atoms with Gasteiger partial charge in [-0.15, -0.1) is 0 Å². The summed E-state index contributed by atoms with van der Waals surface area (Å²) in [5.74, 6) is -6.94. The summed E-state index contributed by atoms with van der Waals surface area (Å²) in [7, 11) is 2.66. The molecule has 0 bridgehead atoms. The van der Waals surface area contributed by atoms with E-state index in [0.29, 0.717) is 0 Å². The van der Waals surface area contributed by atoms with Crippen LogP contribution in [0.1, 0.15) is 60.8 Å². The van der Waals surface area contributed by atoms with Crippen molar-refractivity contribution in [2.75, 3.05) is 53.9 Å². The fourth-order valence-electron chi connectivity index (χ4n) is 4.58. The highest BCUT2D eigenvalue weighted by Gasteiger charge is 2.77. The Morgan fingerprint density at radius 2 is 1.03 bits per heavy atom. The SMILES string of the molecule is CCOC(OC)C(OCC)(OCC)C(CCCC(=O)O)(C(=O)O)C(OCC)(OCC)C(OC)OCC. The molecule has 0 aliphatic heterocycles. The van der Waals surface area contributed by atoms with Crippen LogP contribution in [0, 0.1) is 5.41 Å². The summed E-state index contributed by atoms with van der Waals surface area (Å²) in [6, 6.07) is 0. The van der Waals surface area contributed by atoms with Crippen molar-refractivity contribution < 1.29 is 57.7 Å². The van der Waals surface area contributed by atoms with Gasteiger partial charge in [-0.3, -0.25) is 9.59 Å². The van der Waals surface area contributed by atoms with Gasteiger partial charge >= 0.3 is 11.9 Å². The minimum atomic E-state index is -2.32. The summed E-state index contributed by atoms with van der Waals surface area (Å²) >= 11 is 0. The van der Waals surface area contributed by atoms with Gasteiger partial charge in [0.25, 0.3) is 0 Å². The van der Waals surface area contributed by atoms with Crippen LogP contribution >= 0.6 is 0 Å². The Kier molecular flexibility index (Phi) is 16.5. The maximum atomic E-state index is 13.6. The Bertz CT molecular complexity index is 580. The van der Waals surface area contributed by atoms with Crippen LogP contribution < -0.4 is 0 Å². The number of hydrogen-bond acceptors (Lipinski definition) is 10. The molecule has 0 aliphatic carbocycles. The van der Waals surface area contributed by atoms with Crippen molar-refractivity contribution in [3.8, 4) is 0 Å². The molecule has 12 heteroatoms. The minimum Gasteiger partial charge on any atom is -0.481 e. The molecule has 36 heavy (non-hydrogen) atoms. The Balaban J connectivity index is 7.93. The van der Waals surface area contributed by atoms with E-state index in [1.165, 1.54) is 14.2 Å². The van der Waals surface area contributed by atoms with Gasteiger partial charge in [-0.1, -0.05) is 0 Å². The van der Waals surface area contributed by atoms with Crippen LogP contribution in [0.15, 0.2) is 0 Å². The number of carboxylic acid groups (broad SMARTS) is 2. The van der Waals surface area contributed by atoms with Crippen LogP contribution in [0.4, 0.5) is 0 Å². The molecule has 2 N–H and O–H groups in total. The molecule has 0 aromatic carbocycles. The zero-order chi connectivity index (χ0) is 27.8. The maximum absolute atomic E-state index is 13.6. The van der Waals surface area contributed by atoms with E-state index in [-0.39, 0.29) is 58.9 Å². The molecule has 0 amide bonds. The fraction of sp³-hybridized carbons (Fsp3) is 0.917. The highest BCUT2D eigenvalue weighted by Crippen LogP contribution is 2.55. The van der Waals surface area contributed by atoms with Crippen LogP contribution in [0.2, 0.25) is 0 Å². The van der Waals surface area contributed by atoms with Crippen LogP contribution in [0.25, 0.3) is 0 Å². The summed E-state index contributed by atoms with van der Waals surface area (Å²) in [6.07, 6.45) is -3.55. The van der Waals surface area contributed by atoms with Crippen molar-refractivity contribution in [2.24, 2.45) is 5.41 Å². The predicted molar refractivity (Wildman–Crippen MR) is 128 cm³/mol. The molecule has 0 aliphatic rings. The van der Waals surface area contributed by atoms with Gasteiger partial charge in [-0.2, -0.15) is 0 Å². The average Bonchev–Trinajstić information content (AvgIpc) is 2.83. The molecular formula is C24H46O12. The number of carboxylic acids is 2. The van der Waals surface area contributed by atoms with Gasteiger partial charge in [-0.25, -0.2) is 0 Å². The Hall–Kier alpha value is -1.38. The molecular weight excluding hydrogens is 480 g/mol. The Labute approximate surface area is 214 Å². The van der Waals surface area contributed by atoms with Crippen LogP contribution in [0.3, 0.4) is 0 Å². The lowest BCUT2D eigenvalue weighted by atomic mass is 9.66. The van der Waals surface area contributed by atoms with Gasteiger partial charge in [0.05, 0.1) is 0 Å². The fourth-order valence-corrected chi connectivity index (χ4v) is 4.58. The van der Waals surface area contributed by atoms with Gasteiger partial charge in [0.1, 0.15) is 0 Å². The lowest BCUT2D eigenvalue weighted by Gasteiger charge is -2.57. The van der Waals surface area contributed by atoms with Gasteiger partial charge in [-0.05, 0) is 54.4 Å². The maximum Gasteiger partial charge on any atom is 0.321 e. The van der Waals surface area contributed by atoms with E-state index >= 15 is 0 Å². The van der Waals surface area contributed by atoms with E-state index < -0.39 is 41.5 Å². The normalized spacial score (nSPS) is 15.9. The smallest absolute Gasteiger partial charge is 0.321 e. The minimum absolute atomic E-state index is 0.0124. The lowest BCUT2D eigenvalue weighted by Crippen LogP contribution is -2.77. The third kappa shape index (κ3) is 7.13. The predicted octanol–water partition coefficient (Wildman–Crippen LogP) is 2.87. The van der Waals surface area contributed by atoms with Crippen molar-refractivity contribution in [3.05, 3.63) is 0 Å². The number of aliphatic carboxylic acids is 2. The third-order valence-electron chi connectivity index (χ3n) is 5.62. The van der Waals surface area contributed by atoms with E-state index in [1.807, 2.05) is 0 Å². The molecule has 0 fully saturated rings. The zero-order valence-electron chi connectivity index (χ0n) is 23.0. The number of carbonyl (C=O) groups is 2. The second-order valence-corrected chi connectivity index (χ2v) is 7.57. The van der Waals surface area contributed by atoms with Crippen molar-refractivity contribution >= 4 is 11.9 Å². The van der Waals surface area contributed by atoms with Crippen LogP contribution in [-0.2, 0) is 47.5 Å². The molecule has 2 atom stereocenters. The molecule has 0 saturated carbocycles. The van der Waals surface area contributed by atoms with E-state index in [1.54, 1.807) is 41.5 Å². The van der Waals surface area contributed by atoms with E-state index in [2.05, 4.69) is 0 Å². The summed E-state index contributed by atoms with van der Waals surface area (Å²) in [5, 5.41) is 20.5. The highest BCUT2D eigenvalue weighted by atomic mass is 16.8. The standard InChI is InChI=1S/C24H46O12/c1-9-31-20(29-7)23(33-11-3,34-12-4)22(19(27)28,17-15-16-18(25)26)24(35-13-5,36-14-6)21(30-8)32-10-2/h20-21H,9-17H2,1-8H3,(H,25,26)(H,27,28). The molecule has 0 rings (SSSR count). The third-order valence-corrected chi connectivity index (χ3v) is 5.62. The Morgan fingerprint density at radius 3 is 1.25 bits per heavy atom. The van der Waals surface area contributed by atoms with E-state index in [0.717, 1.165) is 0 Å². The van der Waals surface area contributed by atoms with Crippen molar-refractivity contribution in [3.63, 3.8) is 0 Å². The first-order valence-electron chi connectivity index (χ1n) is 12.4. The number of rotatable bonds is 23.